The number of carbonyl (C=O) groups is 2. The molecule has 0 bridgehead atoms. The molecule has 1 aromatic rings. The summed E-state index contributed by atoms with van der Waals surface area (Å²) in [4.78, 5) is 23.2. The lowest BCUT2D eigenvalue weighted by Gasteiger charge is -2.34. The maximum atomic E-state index is 13.7. The Morgan fingerprint density at radius 2 is 1.92 bits per heavy atom. The third kappa shape index (κ3) is 3.22. The monoisotopic (exact) mass is 347 g/mol. The van der Waals surface area contributed by atoms with E-state index in [4.69, 9.17) is 9.84 Å². The van der Waals surface area contributed by atoms with Gasteiger partial charge in [0.25, 0.3) is 11.5 Å². The van der Waals surface area contributed by atoms with Crippen molar-refractivity contribution in [2.45, 2.75) is 30.3 Å². The second kappa shape index (κ2) is 6.78. The van der Waals surface area contributed by atoms with Gasteiger partial charge >= 0.3 is 12.1 Å². The number of halogens is 3. The number of carbonyl (C=O) groups excluding carboxylic acids is 1. The number of ether oxygens (including phenoxy) is 2. The summed E-state index contributed by atoms with van der Waals surface area (Å²) in [6.45, 7) is -0.185. The fourth-order valence-corrected chi connectivity index (χ4v) is 2.61. The van der Waals surface area contributed by atoms with E-state index < -0.39 is 35.8 Å². The number of carboxylic acid groups (broad SMARTS) is 1. The quantitative estimate of drug-likeness (QED) is 0.842. The zero-order valence-corrected chi connectivity index (χ0v) is 12.7. The molecule has 1 aliphatic rings. The van der Waals surface area contributed by atoms with Gasteiger partial charge in [-0.25, -0.2) is 4.79 Å². The van der Waals surface area contributed by atoms with Crippen molar-refractivity contribution in [3.63, 3.8) is 0 Å². The molecule has 0 saturated carbocycles. The molecule has 0 radical (unpaired) electrons. The van der Waals surface area contributed by atoms with Gasteiger partial charge in [-0.15, -0.1) is 0 Å². The molecule has 1 aromatic carbocycles. The fraction of sp³-hybridized carbons (Fsp3) is 0.467. The normalized spacial score (nSPS) is 23.5. The van der Waals surface area contributed by atoms with Crippen LogP contribution < -0.4 is 5.32 Å². The Balaban J connectivity index is 2.28. The number of alkyl halides is 3. The van der Waals surface area contributed by atoms with Crippen molar-refractivity contribution in [2.75, 3.05) is 13.7 Å². The van der Waals surface area contributed by atoms with Gasteiger partial charge in [0.1, 0.15) is 0 Å². The first-order chi connectivity index (χ1) is 11.2. The number of hydrogen-bond donors (Lipinski definition) is 2. The Morgan fingerprint density at radius 3 is 2.38 bits per heavy atom. The Hall–Kier alpha value is -2.13. The lowest BCUT2D eigenvalue weighted by molar-refractivity contribution is -0.266. The van der Waals surface area contributed by atoms with Gasteiger partial charge in [0, 0.05) is 19.1 Å². The van der Waals surface area contributed by atoms with Crippen molar-refractivity contribution in [2.24, 2.45) is 0 Å². The first-order valence-electron chi connectivity index (χ1n) is 7.05. The number of hydrogen-bond acceptors (Lipinski definition) is 4. The fourth-order valence-electron chi connectivity index (χ4n) is 2.61. The van der Waals surface area contributed by atoms with E-state index in [9.17, 15) is 22.8 Å². The van der Waals surface area contributed by atoms with Crippen LogP contribution >= 0.6 is 0 Å². The van der Waals surface area contributed by atoms with Crippen LogP contribution in [0.25, 0.3) is 0 Å². The van der Waals surface area contributed by atoms with Crippen LogP contribution in [0.2, 0.25) is 0 Å². The molecule has 1 saturated heterocycles. The minimum Gasteiger partial charge on any atom is -0.479 e. The molecular weight excluding hydrogens is 331 g/mol. The SMILES string of the molecule is CO[C@@](C(=O)N[C@H]1CO[C@@H](C(=O)O)C1)(c1ccccc1)C(F)(F)F. The van der Waals surface area contributed by atoms with E-state index in [2.05, 4.69) is 10.1 Å². The van der Waals surface area contributed by atoms with Gasteiger partial charge < -0.3 is 19.9 Å². The largest absolute Gasteiger partial charge is 0.479 e. The highest BCUT2D eigenvalue weighted by Gasteiger charge is 2.63. The molecule has 1 heterocycles. The highest BCUT2D eigenvalue weighted by molar-refractivity contribution is 5.88. The van der Waals surface area contributed by atoms with E-state index in [1.54, 1.807) is 0 Å². The van der Waals surface area contributed by atoms with E-state index in [1.807, 2.05) is 0 Å². The van der Waals surface area contributed by atoms with Crippen molar-refractivity contribution in [1.82, 2.24) is 5.32 Å². The summed E-state index contributed by atoms with van der Waals surface area (Å²) in [6, 6.07) is 5.67. The summed E-state index contributed by atoms with van der Waals surface area (Å²) >= 11 is 0. The first kappa shape index (κ1) is 18.2. The highest BCUT2D eigenvalue weighted by atomic mass is 19.4. The van der Waals surface area contributed by atoms with Gasteiger partial charge in [-0.05, 0) is 0 Å². The lowest BCUT2D eigenvalue weighted by Crippen LogP contribution is -2.57. The molecular formula is C15H16F3NO5. The van der Waals surface area contributed by atoms with Crippen LogP contribution in [-0.2, 0) is 24.7 Å². The summed E-state index contributed by atoms with van der Waals surface area (Å²) in [5, 5.41) is 11.0. The molecule has 1 fully saturated rings. The van der Waals surface area contributed by atoms with Crippen LogP contribution in [0.5, 0.6) is 0 Å². The smallest absolute Gasteiger partial charge is 0.430 e. The number of nitrogens with one attached hydrogen (secondary N) is 1. The Kier molecular flexibility index (Phi) is 5.14. The van der Waals surface area contributed by atoms with Gasteiger partial charge in [-0.3, -0.25) is 4.79 Å². The molecule has 24 heavy (non-hydrogen) atoms. The lowest BCUT2D eigenvalue weighted by atomic mass is 9.91. The minimum absolute atomic E-state index is 0.118. The number of benzene rings is 1. The number of rotatable bonds is 5. The average molecular weight is 347 g/mol. The summed E-state index contributed by atoms with van der Waals surface area (Å²) in [5.41, 5.74) is -3.55. The molecule has 132 valence electrons. The molecule has 1 amide bonds. The van der Waals surface area contributed by atoms with E-state index in [1.165, 1.54) is 18.2 Å². The molecule has 6 nitrogen and oxygen atoms in total. The zero-order valence-electron chi connectivity index (χ0n) is 12.7. The number of methoxy groups -OCH3 is 1. The predicted molar refractivity (Wildman–Crippen MR) is 75.1 cm³/mol. The Bertz CT molecular complexity index is 607. The Labute approximate surface area is 135 Å². The first-order valence-corrected chi connectivity index (χ1v) is 7.05. The minimum atomic E-state index is -5.02. The molecule has 3 atom stereocenters. The second-order valence-corrected chi connectivity index (χ2v) is 5.32. The van der Waals surface area contributed by atoms with E-state index >= 15 is 0 Å². The van der Waals surface area contributed by atoms with Crippen molar-refractivity contribution in [3.05, 3.63) is 35.9 Å². The average Bonchev–Trinajstić information content (AvgIpc) is 2.97. The van der Waals surface area contributed by atoms with E-state index in [0.29, 0.717) is 0 Å². The maximum Gasteiger partial charge on any atom is 0.430 e. The Morgan fingerprint density at radius 1 is 1.29 bits per heavy atom. The van der Waals surface area contributed by atoms with Crippen LogP contribution in [0.4, 0.5) is 13.2 Å². The molecule has 0 unspecified atom stereocenters. The number of aliphatic carboxylic acids is 1. The standard InChI is InChI=1S/C15H16F3NO5/c1-23-14(15(16,17)18,9-5-3-2-4-6-9)13(22)19-10-7-11(12(20)21)24-8-10/h2-6,10-11H,7-8H2,1H3,(H,19,22)(H,20,21)/t10-,11-,14-/m1/s1. The van der Waals surface area contributed by atoms with Crippen LogP contribution in [0.15, 0.2) is 30.3 Å². The van der Waals surface area contributed by atoms with Crippen LogP contribution in [0, 0.1) is 0 Å². The third-order valence-electron chi connectivity index (χ3n) is 3.81. The molecule has 1 aliphatic heterocycles. The third-order valence-corrected chi connectivity index (χ3v) is 3.81. The van der Waals surface area contributed by atoms with Crippen molar-refractivity contribution in [1.29, 1.82) is 0 Å². The molecule has 0 aromatic heterocycles. The molecule has 0 spiro atoms. The second-order valence-electron chi connectivity index (χ2n) is 5.32. The van der Waals surface area contributed by atoms with Crippen LogP contribution in [0.1, 0.15) is 12.0 Å². The van der Waals surface area contributed by atoms with Crippen molar-refractivity contribution in [3.8, 4) is 0 Å². The van der Waals surface area contributed by atoms with Gasteiger partial charge in [0.2, 0.25) is 0 Å². The number of carboxylic acids is 1. The van der Waals surface area contributed by atoms with Gasteiger partial charge in [-0.2, -0.15) is 13.2 Å². The molecule has 0 aliphatic carbocycles. The summed E-state index contributed by atoms with van der Waals surface area (Å²) in [6.07, 6.45) is -6.29. The maximum absolute atomic E-state index is 13.7. The summed E-state index contributed by atoms with van der Waals surface area (Å²) in [7, 11) is 0.797. The molecule has 2 N–H and O–H groups in total. The topological polar surface area (TPSA) is 84.9 Å². The molecule has 9 heteroatoms. The van der Waals surface area contributed by atoms with Crippen molar-refractivity contribution < 1.29 is 37.3 Å². The zero-order chi connectivity index (χ0) is 18.0. The van der Waals surface area contributed by atoms with Gasteiger partial charge in [0.05, 0.1) is 12.6 Å². The van der Waals surface area contributed by atoms with E-state index in [0.717, 1.165) is 19.2 Å². The molecule has 2 rings (SSSR count). The van der Waals surface area contributed by atoms with Crippen LogP contribution in [0.3, 0.4) is 0 Å². The van der Waals surface area contributed by atoms with Gasteiger partial charge in [-0.1, -0.05) is 30.3 Å². The van der Waals surface area contributed by atoms with Crippen LogP contribution in [-0.4, -0.2) is 49.0 Å². The van der Waals surface area contributed by atoms with Gasteiger partial charge in [0.15, 0.2) is 6.10 Å². The summed E-state index contributed by atoms with van der Waals surface area (Å²) < 4.78 is 50.6. The summed E-state index contributed by atoms with van der Waals surface area (Å²) in [5.74, 6) is -2.65. The number of amides is 1. The highest BCUT2D eigenvalue weighted by Crippen LogP contribution is 2.42. The van der Waals surface area contributed by atoms with E-state index in [-0.39, 0.29) is 18.6 Å². The predicted octanol–water partition coefficient (Wildman–Crippen LogP) is 1.45. The van der Waals surface area contributed by atoms with Crippen molar-refractivity contribution >= 4 is 11.9 Å².